The van der Waals surface area contributed by atoms with Crippen molar-refractivity contribution in [2.45, 2.75) is 18.9 Å². The Hall–Kier alpha value is -1.07. The molecule has 0 spiro atoms. The zero-order valence-electron chi connectivity index (χ0n) is 9.05. The summed E-state index contributed by atoms with van der Waals surface area (Å²) in [5.41, 5.74) is 1.16. The van der Waals surface area contributed by atoms with Crippen LogP contribution in [0.2, 0.25) is 0 Å². The largest absolute Gasteiger partial charge is 0.488 e. The molecule has 16 heavy (non-hydrogen) atoms. The van der Waals surface area contributed by atoms with E-state index in [0.717, 1.165) is 30.4 Å². The molecule has 0 aliphatic carbocycles. The fraction of sp³-hybridized carbons (Fsp3) is 0.455. The van der Waals surface area contributed by atoms with Gasteiger partial charge in [-0.15, -0.1) is 0 Å². The van der Waals surface area contributed by atoms with E-state index >= 15 is 0 Å². The van der Waals surface area contributed by atoms with Crippen LogP contribution in [0.15, 0.2) is 24.3 Å². The molecule has 4 nitrogen and oxygen atoms in total. The van der Waals surface area contributed by atoms with Crippen molar-refractivity contribution in [2.24, 2.45) is 0 Å². The summed E-state index contributed by atoms with van der Waals surface area (Å²) in [5, 5.41) is 0. The van der Waals surface area contributed by atoms with Crippen LogP contribution in [-0.2, 0) is 20.7 Å². The lowest BCUT2D eigenvalue weighted by molar-refractivity contribution is 0.113. The standard InChI is InChI=1S/C11H14O4S/c1-16(12,13)14-8-10-7-6-9-4-2-3-5-11(9)15-10/h2-5,10H,6-8H2,1H3/t10-/m1/s1. The highest BCUT2D eigenvalue weighted by atomic mass is 32.2. The molecular formula is C11H14O4S. The highest BCUT2D eigenvalue weighted by Gasteiger charge is 2.20. The van der Waals surface area contributed by atoms with Crippen molar-refractivity contribution in [3.8, 4) is 5.75 Å². The lowest BCUT2D eigenvalue weighted by atomic mass is 10.0. The summed E-state index contributed by atoms with van der Waals surface area (Å²) in [7, 11) is -3.38. The molecule has 2 rings (SSSR count). The average molecular weight is 242 g/mol. The van der Waals surface area contributed by atoms with Crippen molar-refractivity contribution in [3.05, 3.63) is 29.8 Å². The van der Waals surface area contributed by atoms with E-state index in [1.165, 1.54) is 0 Å². The summed E-state index contributed by atoms with van der Waals surface area (Å²) in [6, 6.07) is 7.78. The number of rotatable bonds is 3. The van der Waals surface area contributed by atoms with E-state index in [4.69, 9.17) is 8.92 Å². The third kappa shape index (κ3) is 2.96. The Labute approximate surface area is 95.3 Å². The molecule has 1 aliphatic rings. The third-order valence-corrected chi connectivity index (χ3v) is 3.03. The minimum atomic E-state index is -3.38. The maximum atomic E-state index is 10.8. The van der Waals surface area contributed by atoms with Crippen molar-refractivity contribution in [3.63, 3.8) is 0 Å². The molecule has 1 aromatic carbocycles. The van der Waals surface area contributed by atoms with Gasteiger partial charge in [-0.2, -0.15) is 8.42 Å². The molecule has 1 aromatic rings. The first-order valence-electron chi connectivity index (χ1n) is 5.13. The van der Waals surface area contributed by atoms with Gasteiger partial charge in [-0.25, -0.2) is 0 Å². The summed E-state index contributed by atoms with van der Waals surface area (Å²) in [6.45, 7) is 0.0904. The molecule has 0 saturated heterocycles. The van der Waals surface area contributed by atoms with Gasteiger partial charge in [0.1, 0.15) is 18.5 Å². The zero-order valence-corrected chi connectivity index (χ0v) is 9.87. The number of hydrogen-bond acceptors (Lipinski definition) is 4. The molecule has 0 saturated carbocycles. The molecule has 88 valence electrons. The smallest absolute Gasteiger partial charge is 0.264 e. The normalized spacial score (nSPS) is 19.9. The Morgan fingerprint density at radius 2 is 2.19 bits per heavy atom. The van der Waals surface area contributed by atoms with Crippen molar-refractivity contribution < 1.29 is 17.3 Å². The van der Waals surface area contributed by atoms with Gasteiger partial charge < -0.3 is 4.74 Å². The highest BCUT2D eigenvalue weighted by Crippen LogP contribution is 2.27. The third-order valence-electron chi connectivity index (χ3n) is 2.47. The lowest BCUT2D eigenvalue weighted by Gasteiger charge is -2.25. The monoisotopic (exact) mass is 242 g/mol. The Bertz CT molecular complexity index is 467. The van der Waals surface area contributed by atoms with Crippen molar-refractivity contribution in [1.29, 1.82) is 0 Å². The molecule has 0 radical (unpaired) electrons. The van der Waals surface area contributed by atoms with Crippen LogP contribution in [0.3, 0.4) is 0 Å². The zero-order chi connectivity index (χ0) is 11.6. The molecule has 0 fully saturated rings. The van der Waals surface area contributed by atoms with E-state index in [2.05, 4.69) is 0 Å². The van der Waals surface area contributed by atoms with Gasteiger partial charge in [0.25, 0.3) is 10.1 Å². The SMILES string of the molecule is CS(=O)(=O)OC[C@H]1CCc2ccccc2O1. The Balaban J connectivity index is 1.98. The number of hydrogen-bond donors (Lipinski definition) is 0. The predicted octanol–water partition coefficient (Wildman–Crippen LogP) is 1.36. The number of para-hydroxylation sites is 1. The molecule has 1 aliphatic heterocycles. The summed E-state index contributed by atoms with van der Waals surface area (Å²) >= 11 is 0. The van der Waals surface area contributed by atoms with Crippen LogP contribution < -0.4 is 4.74 Å². The average Bonchev–Trinajstić information content (AvgIpc) is 2.25. The summed E-state index contributed by atoms with van der Waals surface area (Å²) in [5.74, 6) is 0.829. The number of ether oxygens (including phenoxy) is 1. The number of fused-ring (bicyclic) bond motifs is 1. The molecule has 1 atom stereocenters. The summed E-state index contributed by atoms with van der Waals surface area (Å²) in [4.78, 5) is 0. The minimum absolute atomic E-state index is 0.0904. The van der Waals surface area contributed by atoms with Crippen LogP contribution in [0.5, 0.6) is 5.75 Å². The molecule has 0 aromatic heterocycles. The highest BCUT2D eigenvalue weighted by molar-refractivity contribution is 7.85. The van der Waals surface area contributed by atoms with Crippen LogP contribution >= 0.6 is 0 Å². The lowest BCUT2D eigenvalue weighted by Crippen LogP contribution is -2.28. The fourth-order valence-corrected chi connectivity index (χ4v) is 2.10. The second-order valence-corrected chi connectivity index (χ2v) is 5.52. The summed E-state index contributed by atoms with van der Waals surface area (Å²) < 4.78 is 32.1. The van der Waals surface area contributed by atoms with Crippen molar-refractivity contribution in [2.75, 3.05) is 12.9 Å². The Morgan fingerprint density at radius 1 is 1.44 bits per heavy atom. The first kappa shape index (κ1) is 11.4. The molecule has 0 amide bonds. The predicted molar refractivity (Wildman–Crippen MR) is 60.0 cm³/mol. The van der Waals surface area contributed by atoms with Gasteiger partial charge in [0.15, 0.2) is 0 Å². The van der Waals surface area contributed by atoms with Crippen molar-refractivity contribution in [1.82, 2.24) is 0 Å². The van der Waals surface area contributed by atoms with E-state index in [9.17, 15) is 8.42 Å². The van der Waals surface area contributed by atoms with Crippen LogP contribution in [0.4, 0.5) is 0 Å². The molecule has 0 unspecified atom stereocenters. The van der Waals surface area contributed by atoms with E-state index in [1.54, 1.807) is 0 Å². The maximum Gasteiger partial charge on any atom is 0.264 e. The maximum absolute atomic E-state index is 10.8. The number of benzene rings is 1. The van der Waals surface area contributed by atoms with Gasteiger partial charge in [0, 0.05) is 0 Å². The van der Waals surface area contributed by atoms with Gasteiger partial charge in [-0.1, -0.05) is 18.2 Å². The first-order chi connectivity index (χ1) is 7.54. The quantitative estimate of drug-likeness (QED) is 0.751. The number of aryl methyl sites for hydroxylation is 1. The second-order valence-electron chi connectivity index (χ2n) is 3.87. The molecule has 5 heteroatoms. The van der Waals surface area contributed by atoms with E-state index in [-0.39, 0.29) is 12.7 Å². The Morgan fingerprint density at radius 3 is 2.94 bits per heavy atom. The minimum Gasteiger partial charge on any atom is -0.488 e. The molecule has 0 N–H and O–H groups in total. The van der Waals surface area contributed by atoms with E-state index in [1.807, 2.05) is 24.3 Å². The van der Waals surface area contributed by atoms with Crippen LogP contribution in [0.25, 0.3) is 0 Å². The van der Waals surface area contributed by atoms with Gasteiger partial charge in [-0.05, 0) is 24.5 Å². The Kier molecular flexibility index (Phi) is 3.16. The van der Waals surface area contributed by atoms with Crippen LogP contribution in [0.1, 0.15) is 12.0 Å². The summed E-state index contributed by atoms with van der Waals surface area (Å²) in [6.07, 6.45) is 2.55. The van der Waals surface area contributed by atoms with Crippen molar-refractivity contribution >= 4 is 10.1 Å². The van der Waals surface area contributed by atoms with E-state index in [0.29, 0.717) is 0 Å². The van der Waals surface area contributed by atoms with Gasteiger partial charge in [0.05, 0.1) is 6.26 Å². The second kappa shape index (κ2) is 4.43. The topological polar surface area (TPSA) is 52.6 Å². The van der Waals surface area contributed by atoms with Crippen LogP contribution in [0, 0.1) is 0 Å². The molecule has 0 bridgehead atoms. The molecule has 1 heterocycles. The first-order valence-corrected chi connectivity index (χ1v) is 6.95. The van der Waals surface area contributed by atoms with Gasteiger partial charge in [0.2, 0.25) is 0 Å². The van der Waals surface area contributed by atoms with Gasteiger partial charge in [-0.3, -0.25) is 4.18 Å². The molecular weight excluding hydrogens is 228 g/mol. The fourth-order valence-electron chi connectivity index (χ4n) is 1.70. The van der Waals surface area contributed by atoms with E-state index < -0.39 is 10.1 Å². The van der Waals surface area contributed by atoms with Gasteiger partial charge >= 0.3 is 0 Å². The van der Waals surface area contributed by atoms with Crippen LogP contribution in [-0.4, -0.2) is 27.4 Å².